The molecule has 184 valence electrons. The van der Waals surface area contributed by atoms with E-state index in [2.05, 4.69) is 4.90 Å². The first-order valence-corrected chi connectivity index (χ1v) is 13.2. The molecule has 0 radical (unpaired) electrons. The molecule has 9 nitrogen and oxygen atoms in total. The number of carbonyl (C=O) groups excluding carboxylic acids is 1. The highest BCUT2D eigenvalue weighted by atomic mass is 32.2. The number of nitrogens with zero attached hydrogens (tertiary/aromatic N) is 3. The second kappa shape index (κ2) is 10.1. The Bertz CT molecular complexity index is 1110. The predicted molar refractivity (Wildman–Crippen MR) is 129 cm³/mol. The van der Waals surface area contributed by atoms with E-state index in [1.165, 1.54) is 0 Å². The summed E-state index contributed by atoms with van der Waals surface area (Å²) in [7, 11) is -3.63. The van der Waals surface area contributed by atoms with Crippen LogP contribution in [-0.4, -0.2) is 76.0 Å². The maximum Gasteiger partial charge on any atom is 0.243 e. The van der Waals surface area contributed by atoms with Crippen LogP contribution >= 0.6 is 0 Å². The van der Waals surface area contributed by atoms with Crippen molar-refractivity contribution in [1.29, 1.82) is 0 Å². The summed E-state index contributed by atoms with van der Waals surface area (Å²) in [6.07, 6.45) is 1.13. The molecule has 1 fully saturated rings. The van der Waals surface area contributed by atoms with E-state index in [4.69, 9.17) is 14.2 Å². The number of benzene rings is 2. The van der Waals surface area contributed by atoms with Gasteiger partial charge in [0.25, 0.3) is 0 Å². The average Bonchev–Trinajstić information content (AvgIpc) is 3.25. The molecule has 10 heteroatoms. The first-order chi connectivity index (χ1) is 16.2. The lowest BCUT2D eigenvalue weighted by Gasteiger charge is -2.35. The van der Waals surface area contributed by atoms with Crippen molar-refractivity contribution in [3.63, 3.8) is 0 Å². The molecule has 0 bridgehead atoms. The summed E-state index contributed by atoms with van der Waals surface area (Å²) in [4.78, 5) is 17.0. The van der Waals surface area contributed by atoms with Crippen molar-refractivity contribution in [2.24, 2.45) is 0 Å². The molecule has 0 spiro atoms. The largest absolute Gasteiger partial charge is 0.491 e. The Morgan fingerprint density at radius 1 is 1.03 bits per heavy atom. The van der Waals surface area contributed by atoms with Crippen LogP contribution in [0.4, 0.5) is 5.69 Å². The van der Waals surface area contributed by atoms with Gasteiger partial charge in [-0.15, -0.1) is 0 Å². The summed E-state index contributed by atoms with van der Waals surface area (Å²) in [5, 5.41) is 0. The molecule has 4 rings (SSSR count). The molecule has 0 aliphatic carbocycles. The zero-order chi connectivity index (χ0) is 24.3. The molecular formula is C24H31N3O6S. The van der Waals surface area contributed by atoms with Gasteiger partial charge in [-0.3, -0.25) is 14.0 Å². The number of hydrogen-bond acceptors (Lipinski definition) is 7. The van der Waals surface area contributed by atoms with Crippen molar-refractivity contribution in [3.05, 3.63) is 48.0 Å². The number of fused-ring (bicyclic) bond motifs is 1. The van der Waals surface area contributed by atoms with Gasteiger partial charge in [0.05, 0.1) is 18.0 Å². The average molecular weight is 490 g/mol. The van der Waals surface area contributed by atoms with Crippen molar-refractivity contribution < 1.29 is 27.4 Å². The Morgan fingerprint density at radius 3 is 2.35 bits per heavy atom. The van der Waals surface area contributed by atoms with Crippen LogP contribution in [0.5, 0.6) is 17.2 Å². The van der Waals surface area contributed by atoms with Crippen LogP contribution in [0.1, 0.15) is 19.4 Å². The summed E-state index contributed by atoms with van der Waals surface area (Å²) in [6, 6.07) is 12.7. The van der Waals surface area contributed by atoms with Crippen LogP contribution < -0.4 is 18.5 Å². The van der Waals surface area contributed by atoms with E-state index >= 15 is 0 Å². The fraction of sp³-hybridized carbons (Fsp3) is 0.458. The lowest BCUT2D eigenvalue weighted by molar-refractivity contribution is -0.131. The molecule has 0 unspecified atom stereocenters. The van der Waals surface area contributed by atoms with Crippen LogP contribution in [0.2, 0.25) is 0 Å². The number of hydrogen-bond donors (Lipinski definition) is 0. The number of anilines is 1. The maximum absolute atomic E-state index is 13.0. The smallest absolute Gasteiger partial charge is 0.243 e. The zero-order valence-corrected chi connectivity index (χ0v) is 20.6. The molecule has 1 amide bonds. The summed E-state index contributed by atoms with van der Waals surface area (Å²) >= 11 is 0. The van der Waals surface area contributed by atoms with Gasteiger partial charge in [-0.1, -0.05) is 6.07 Å². The Balaban J connectivity index is 1.34. The zero-order valence-electron chi connectivity index (χ0n) is 19.8. The summed E-state index contributed by atoms with van der Waals surface area (Å²) < 4.78 is 42.5. The number of amides is 1. The van der Waals surface area contributed by atoms with Gasteiger partial charge in [-0.2, -0.15) is 0 Å². The predicted octanol–water partition coefficient (Wildman–Crippen LogP) is 2.31. The highest BCUT2D eigenvalue weighted by Gasteiger charge is 2.27. The molecule has 2 aliphatic heterocycles. The van der Waals surface area contributed by atoms with E-state index in [-0.39, 0.29) is 25.3 Å². The van der Waals surface area contributed by atoms with Gasteiger partial charge in [0, 0.05) is 32.7 Å². The van der Waals surface area contributed by atoms with Crippen LogP contribution in [0.3, 0.4) is 0 Å². The first kappa shape index (κ1) is 24.2. The van der Waals surface area contributed by atoms with Gasteiger partial charge in [0.1, 0.15) is 12.3 Å². The van der Waals surface area contributed by atoms with E-state index < -0.39 is 10.0 Å². The number of rotatable bonds is 8. The SMILES string of the molecule is CC(C)Oc1ccc(N(CC(=O)N2CCN(Cc3ccc4c(c3)OCO4)CC2)S(C)(=O)=O)cc1. The van der Waals surface area contributed by atoms with Crippen molar-refractivity contribution in [1.82, 2.24) is 9.80 Å². The Kier molecular flexibility index (Phi) is 7.18. The molecule has 2 heterocycles. The van der Waals surface area contributed by atoms with Crippen molar-refractivity contribution >= 4 is 21.6 Å². The monoisotopic (exact) mass is 489 g/mol. The molecule has 0 atom stereocenters. The van der Waals surface area contributed by atoms with Gasteiger partial charge in [0.2, 0.25) is 22.7 Å². The maximum atomic E-state index is 13.0. The fourth-order valence-electron chi connectivity index (χ4n) is 4.04. The first-order valence-electron chi connectivity index (χ1n) is 11.3. The van der Waals surface area contributed by atoms with Crippen LogP contribution in [0, 0.1) is 0 Å². The van der Waals surface area contributed by atoms with Crippen molar-refractivity contribution in [3.8, 4) is 17.2 Å². The van der Waals surface area contributed by atoms with Gasteiger partial charge >= 0.3 is 0 Å². The van der Waals surface area contributed by atoms with E-state index in [0.29, 0.717) is 37.6 Å². The van der Waals surface area contributed by atoms with Crippen molar-refractivity contribution in [2.45, 2.75) is 26.5 Å². The molecule has 0 saturated carbocycles. The second-order valence-corrected chi connectivity index (χ2v) is 10.7. The van der Waals surface area contributed by atoms with E-state index in [1.54, 1.807) is 29.2 Å². The third-order valence-electron chi connectivity index (χ3n) is 5.74. The summed E-state index contributed by atoms with van der Waals surface area (Å²) in [6.45, 7) is 7.11. The molecular weight excluding hydrogens is 458 g/mol. The second-order valence-electron chi connectivity index (χ2n) is 8.77. The number of ether oxygens (including phenoxy) is 3. The van der Waals surface area contributed by atoms with Crippen LogP contribution in [-0.2, 0) is 21.4 Å². The third-order valence-corrected chi connectivity index (χ3v) is 6.88. The molecule has 34 heavy (non-hydrogen) atoms. The Hall–Kier alpha value is -2.98. The van der Waals surface area contributed by atoms with Crippen LogP contribution in [0.25, 0.3) is 0 Å². The van der Waals surface area contributed by atoms with Gasteiger partial charge in [-0.05, 0) is 55.8 Å². The molecule has 2 aromatic rings. The Labute approximate surface area is 200 Å². The number of sulfonamides is 1. The minimum atomic E-state index is -3.63. The summed E-state index contributed by atoms with van der Waals surface area (Å²) in [5.41, 5.74) is 1.56. The minimum Gasteiger partial charge on any atom is -0.491 e. The fourth-order valence-corrected chi connectivity index (χ4v) is 4.89. The molecule has 2 aliphatic rings. The van der Waals surface area contributed by atoms with Crippen molar-refractivity contribution in [2.75, 3.05) is 50.1 Å². The minimum absolute atomic E-state index is 0.0159. The highest BCUT2D eigenvalue weighted by molar-refractivity contribution is 7.92. The lowest BCUT2D eigenvalue weighted by atomic mass is 10.1. The third kappa shape index (κ3) is 5.92. The van der Waals surface area contributed by atoms with E-state index in [1.807, 2.05) is 32.0 Å². The van der Waals surface area contributed by atoms with Crippen LogP contribution in [0.15, 0.2) is 42.5 Å². The molecule has 0 N–H and O–H groups in total. The number of carbonyl (C=O) groups is 1. The van der Waals surface area contributed by atoms with Gasteiger partial charge in [-0.25, -0.2) is 8.42 Å². The normalized spacial score (nSPS) is 16.1. The molecule has 0 aromatic heterocycles. The standard InChI is InChI=1S/C24H31N3O6S/c1-18(2)33-21-7-5-20(6-8-21)27(34(3,29)30)16-24(28)26-12-10-25(11-13-26)15-19-4-9-22-23(14-19)32-17-31-22/h4-9,14,18H,10-13,15-17H2,1-3H3. The topological polar surface area (TPSA) is 88.6 Å². The quantitative estimate of drug-likeness (QED) is 0.562. The van der Waals surface area contributed by atoms with Gasteiger partial charge < -0.3 is 19.1 Å². The van der Waals surface area contributed by atoms with E-state index in [9.17, 15) is 13.2 Å². The van der Waals surface area contributed by atoms with Gasteiger partial charge in [0.15, 0.2) is 11.5 Å². The Morgan fingerprint density at radius 2 is 1.71 bits per heavy atom. The molecule has 2 aromatic carbocycles. The number of piperazine rings is 1. The summed E-state index contributed by atoms with van der Waals surface area (Å²) in [5.74, 6) is 1.96. The van der Waals surface area contributed by atoms with E-state index in [0.717, 1.165) is 34.2 Å². The highest BCUT2D eigenvalue weighted by Crippen LogP contribution is 2.33. The molecule has 1 saturated heterocycles. The lowest BCUT2D eigenvalue weighted by Crippen LogP contribution is -2.51.